The second-order valence-corrected chi connectivity index (χ2v) is 10.8. The quantitative estimate of drug-likeness (QED) is 0.391. The van der Waals surface area contributed by atoms with Gasteiger partial charge in [0, 0.05) is 24.1 Å². The topological polar surface area (TPSA) is 118 Å². The summed E-state index contributed by atoms with van der Waals surface area (Å²) in [5.74, 6) is -1.82. The van der Waals surface area contributed by atoms with Gasteiger partial charge in [-0.25, -0.2) is 4.79 Å². The number of hydrogen-bond acceptors (Lipinski definition) is 5. The number of carboxylic acid groups (broad SMARTS) is 1. The lowest BCUT2D eigenvalue weighted by Crippen LogP contribution is -2.48. The van der Waals surface area contributed by atoms with Crippen LogP contribution >= 0.6 is 0 Å². The molecule has 0 radical (unpaired) electrons. The largest absolute Gasteiger partial charge is 0.508 e. The number of fused-ring (bicyclic) bond motifs is 3. The zero-order valence-corrected chi connectivity index (χ0v) is 21.5. The molecule has 35 heavy (non-hydrogen) atoms. The Hall–Kier alpha value is -2.64. The Labute approximate surface area is 207 Å². The Balaban J connectivity index is 1.84. The average Bonchev–Trinajstić information content (AvgIpc) is 3.05. The number of hydrogen-bond donors (Lipinski definition) is 4. The van der Waals surface area contributed by atoms with Gasteiger partial charge < -0.3 is 25.3 Å². The van der Waals surface area contributed by atoms with Crippen molar-refractivity contribution >= 4 is 11.9 Å². The molecule has 0 fully saturated rings. The first kappa shape index (κ1) is 27.0. The molecule has 1 heterocycles. The highest BCUT2D eigenvalue weighted by molar-refractivity contribution is 6.01. The highest BCUT2D eigenvalue weighted by Gasteiger charge is 2.45. The predicted molar refractivity (Wildman–Crippen MR) is 134 cm³/mol. The fourth-order valence-corrected chi connectivity index (χ4v) is 5.40. The molecule has 2 aliphatic rings. The van der Waals surface area contributed by atoms with Crippen molar-refractivity contribution in [2.24, 2.45) is 5.41 Å². The van der Waals surface area contributed by atoms with E-state index in [9.17, 15) is 30.0 Å². The zero-order chi connectivity index (χ0) is 26.1. The molecule has 4 atom stereocenters. The minimum Gasteiger partial charge on any atom is -0.508 e. The standard InChI is InChI=1S/C28H39NO6/c1-16(2)8-6-9-17(3)10-7-11-28(5)14-21-19(13-24(28)32)23(31)12-20-22(21)15-29(26(20)33)25(18(4)30)27(34)35/h8,10,12,18,24-25,30-32H,6-7,9,11,13-15H2,1-5H3,(H,34,35). The van der Waals surface area contributed by atoms with Crippen molar-refractivity contribution < 1.29 is 30.0 Å². The zero-order valence-electron chi connectivity index (χ0n) is 21.5. The van der Waals surface area contributed by atoms with Gasteiger partial charge in [-0.05, 0) is 82.4 Å². The van der Waals surface area contributed by atoms with E-state index in [0.717, 1.165) is 31.2 Å². The molecule has 1 aliphatic heterocycles. The summed E-state index contributed by atoms with van der Waals surface area (Å²) in [6, 6.07) is 0.0125. The molecule has 7 nitrogen and oxygen atoms in total. The first-order valence-corrected chi connectivity index (χ1v) is 12.4. The Kier molecular flexibility index (Phi) is 8.12. The molecule has 0 bridgehead atoms. The molecule has 1 aliphatic carbocycles. The number of amides is 1. The molecule has 7 heteroatoms. The minimum atomic E-state index is -1.37. The van der Waals surface area contributed by atoms with Gasteiger partial charge in [-0.2, -0.15) is 0 Å². The Morgan fingerprint density at radius 3 is 2.49 bits per heavy atom. The number of carbonyl (C=O) groups is 2. The van der Waals surface area contributed by atoms with Gasteiger partial charge in [-0.15, -0.1) is 0 Å². The van der Waals surface area contributed by atoms with Crippen LogP contribution in [0.5, 0.6) is 5.75 Å². The highest BCUT2D eigenvalue weighted by Crippen LogP contribution is 2.46. The van der Waals surface area contributed by atoms with E-state index in [4.69, 9.17) is 0 Å². The summed E-state index contributed by atoms with van der Waals surface area (Å²) in [4.78, 5) is 26.0. The van der Waals surface area contributed by atoms with Gasteiger partial charge in [0.2, 0.25) is 0 Å². The Morgan fingerprint density at radius 1 is 1.20 bits per heavy atom. The van der Waals surface area contributed by atoms with Gasteiger partial charge in [-0.1, -0.05) is 30.2 Å². The first-order valence-electron chi connectivity index (χ1n) is 12.4. The van der Waals surface area contributed by atoms with Crippen LogP contribution in [0, 0.1) is 5.41 Å². The van der Waals surface area contributed by atoms with Crippen LogP contribution in [0.3, 0.4) is 0 Å². The van der Waals surface area contributed by atoms with Crippen LogP contribution in [0.15, 0.2) is 29.4 Å². The summed E-state index contributed by atoms with van der Waals surface area (Å²) in [6.07, 6.45) is 6.91. The van der Waals surface area contributed by atoms with Gasteiger partial charge >= 0.3 is 5.97 Å². The second kappa shape index (κ2) is 10.5. The Bertz CT molecular complexity index is 1050. The van der Waals surface area contributed by atoms with Crippen LogP contribution in [0.2, 0.25) is 0 Å². The van der Waals surface area contributed by atoms with E-state index in [1.165, 1.54) is 29.0 Å². The number of nitrogens with zero attached hydrogens (tertiary/aromatic N) is 1. The van der Waals surface area contributed by atoms with E-state index in [0.29, 0.717) is 17.5 Å². The molecule has 0 saturated carbocycles. The van der Waals surface area contributed by atoms with Gasteiger partial charge in [0.1, 0.15) is 5.75 Å². The smallest absolute Gasteiger partial charge is 0.329 e. The molecule has 0 aromatic heterocycles. The first-order chi connectivity index (χ1) is 16.4. The summed E-state index contributed by atoms with van der Waals surface area (Å²) < 4.78 is 0. The van der Waals surface area contributed by atoms with E-state index < -0.39 is 35.5 Å². The molecule has 1 aromatic rings. The third-order valence-electron chi connectivity index (χ3n) is 7.59. The molecule has 4 unspecified atom stereocenters. The van der Waals surface area contributed by atoms with E-state index in [1.807, 2.05) is 6.92 Å². The SMILES string of the molecule is CC(C)=CCCC(C)=CCCC1(C)Cc2c(c(O)cc3c2CN(C(C(=O)O)C(C)O)C3=O)CC1O. The second-order valence-electron chi connectivity index (χ2n) is 10.8. The molecule has 1 aromatic carbocycles. The van der Waals surface area contributed by atoms with E-state index in [1.54, 1.807) is 0 Å². The summed E-state index contributed by atoms with van der Waals surface area (Å²) in [5.41, 5.74) is 4.60. The predicted octanol–water partition coefficient (Wildman–Crippen LogP) is 4.12. The lowest BCUT2D eigenvalue weighted by atomic mass is 9.67. The molecule has 0 saturated heterocycles. The monoisotopic (exact) mass is 485 g/mol. The summed E-state index contributed by atoms with van der Waals surface area (Å²) >= 11 is 0. The van der Waals surface area contributed by atoms with Crippen LogP contribution in [-0.4, -0.2) is 55.5 Å². The number of aliphatic carboxylic acids is 1. The summed E-state index contributed by atoms with van der Waals surface area (Å²) in [5, 5.41) is 41.3. The summed E-state index contributed by atoms with van der Waals surface area (Å²) in [6.45, 7) is 9.76. The van der Waals surface area contributed by atoms with Crippen molar-refractivity contribution in [2.75, 3.05) is 0 Å². The van der Waals surface area contributed by atoms with Crippen molar-refractivity contribution in [3.63, 3.8) is 0 Å². The number of carbonyl (C=O) groups excluding carboxylic acids is 1. The van der Waals surface area contributed by atoms with Crippen molar-refractivity contribution in [1.29, 1.82) is 0 Å². The number of rotatable bonds is 9. The number of benzene rings is 1. The molecule has 4 N–H and O–H groups in total. The van der Waals surface area contributed by atoms with Gasteiger partial charge in [0.15, 0.2) is 6.04 Å². The average molecular weight is 486 g/mol. The van der Waals surface area contributed by atoms with Crippen LogP contribution in [0.25, 0.3) is 0 Å². The molecule has 3 rings (SSSR count). The number of phenolic OH excluding ortho intramolecular Hbond substituents is 1. The molecule has 1 amide bonds. The van der Waals surface area contributed by atoms with Crippen LogP contribution in [0.1, 0.15) is 87.4 Å². The van der Waals surface area contributed by atoms with E-state index in [2.05, 4.69) is 32.9 Å². The maximum atomic E-state index is 13.1. The van der Waals surface area contributed by atoms with Crippen molar-refractivity contribution in [3.8, 4) is 5.75 Å². The minimum absolute atomic E-state index is 0.0472. The Morgan fingerprint density at radius 2 is 1.89 bits per heavy atom. The molecular formula is C28H39NO6. The van der Waals surface area contributed by atoms with Crippen molar-refractivity contribution in [2.45, 2.75) is 97.9 Å². The third-order valence-corrected chi connectivity index (χ3v) is 7.59. The number of allylic oxidation sites excluding steroid dienone is 4. The lowest BCUT2D eigenvalue weighted by Gasteiger charge is -2.40. The molecule has 192 valence electrons. The van der Waals surface area contributed by atoms with Crippen LogP contribution < -0.4 is 0 Å². The maximum Gasteiger partial charge on any atom is 0.329 e. The maximum absolute atomic E-state index is 13.1. The van der Waals surface area contributed by atoms with E-state index >= 15 is 0 Å². The number of aliphatic hydroxyl groups is 2. The van der Waals surface area contributed by atoms with Gasteiger partial charge in [-0.3, -0.25) is 4.79 Å². The van der Waals surface area contributed by atoms with Crippen molar-refractivity contribution in [1.82, 2.24) is 4.90 Å². The fraction of sp³-hybridized carbons (Fsp3) is 0.571. The summed E-state index contributed by atoms with van der Waals surface area (Å²) in [7, 11) is 0. The van der Waals surface area contributed by atoms with Crippen LogP contribution in [0.4, 0.5) is 0 Å². The number of carboxylic acids is 1. The molecule has 0 spiro atoms. The highest BCUT2D eigenvalue weighted by atomic mass is 16.4. The third kappa shape index (κ3) is 5.62. The van der Waals surface area contributed by atoms with Gasteiger partial charge in [0.25, 0.3) is 5.91 Å². The fourth-order valence-electron chi connectivity index (χ4n) is 5.40. The number of phenols is 1. The number of aromatic hydroxyl groups is 1. The van der Waals surface area contributed by atoms with Crippen molar-refractivity contribution in [3.05, 3.63) is 51.6 Å². The lowest BCUT2D eigenvalue weighted by molar-refractivity contribution is -0.146. The van der Waals surface area contributed by atoms with Crippen LogP contribution in [-0.2, 0) is 24.2 Å². The normalized spacial score (nSPS) is 23.5. The number of aliphatic hydroxyl groups excluding tert-OH is 2. The van der Waals surface area contributed by atoms with E-state index in [-0.39, 0.29) is 24.3 Å². The molecular weight excluding hydrogens is 446 g/mol. The van der Waals surface area contributed by atoms with Gasteiger partial charge in [0.05, 0.1) is 12.2 Å².